The number of para-hydroxylation sites is 1. The molecule has 0 aliphatic rings. The zero-order valence-electron chi connectivity index (χ0n) is 15.6. The van der Waals surface area contributed by atoms with Crippen molar-refractivity contribution in [1.29, 1.82) is 0 Å². The van der Waals surface area contributed by atoms with E-state index in [2.05, 4.69) is 24.0 Å². The third kappa shape index (κ3) is 3.31. The predicted octanol–water partition coefficient (Wildman–Crippen LogP) is 5.03. The summed E-state index contributed by atoms with van der Waals surface area (Å²) in [5.41, 5.74) is 11.6. The van der Waals surface area contributed by atoms with E-state index < -0.39 is 0 Å². The minimum atomic E-state index is -0.285. The molecule has 0 fully saturated rings. The van der Waals surface area contributed by atoms with Crippen molar-refractivity contribution < 1.29 is 4.74 Å². The molecule has 0 aliphatic heterocycles. The van der Waals surface area contributed by atoms with Gasteiger partial charge < -0.3 is 10.5 Å². The molecule has 1 unspecified atom stereocenters. The Labute approximate surface area is 162 Å². The number of nitrogens with two attached hydrogens (primary N) is 1. The van der Waals surface area contributed by atoms with Gasteiger partial charge in [-0.05, 0) is 55.8 Å². The molecule has 0 saturated heterocycles. The molecule has 2 heterocycles. The minimum Gasteiger partial charge on any atom is -0.497 e. The fourth-order valence-corrected chi connectivity index (χ4v) is 4.08. The zero-order valence-corrected chi connectivity index (χ0v) is 16.4. The molecule has 1 atom stereocenters. The fourth-order valence-electron chi connectivity index (χ4n) is 3.13. The average molecular weight is 375 g/mol. The Hall–Kier alpha value is -2.76. The lowest BCUT2D eigenvalue weighted by Crippen LogP contribution is -2.13. The van der Waals surface area contributed by atoms with Crippen molar-refractivity contribution in [2.45, 2.75) is 19.9 Å². The first kappa shape index (κ1) is 17.6. The third-order valence-electron chi connectivity index (χ3n) is 4.78. The molecule has 0 saturated carbocycles. The van der Waals surface area contributed by atoms with Crippen LogP contribution in [0.1, 0.15) is 27.2 Å². The first-order valence-electron chi connectivity index (χ1n) is 8.80. The van der Waals surface area contributed by atoms with Crippen LogP contribution >= 0.6 is 11.3 Å². The van der Waals surface area contributed by atoms with Crippen LogP contribution in [-0.4, -0.2) is 17.1 Å². The topological polar surface area (TPSA) is 61.0 Å². The van der Waals surface area contributed by atoms with E-state index in [4.69, 9.17) is 15.5 Å². The SMILES string of the molecule is COc1ccc(-c2cc(C(N)c3nc(C)c(C)s3)c3ccccc3n2)cc1. The Morgan fingerprint density at radius 1 is 1.00 bits per heavy atom. The number of aromatic nitrogens is 2. The number of nitrogens with zero attached hydrogens (tertiary/aromatic N) is 2. The second-order valence-corrected chi connectivity index (χ2v) is 7.75. The first-order valence-corrected chi connectivity index (χ1v) is 9.62. The maximum atomic E-state index is 6.66. The number of hydrogen-bond donors (Lipinski definition) is 1. The summed E-state index contributed by atoms with van der Waals surface area (Å²) in [6.45, 7) is 4.10. The number of fused-ring (bicyclic) bond motifs is 1. The van der Waals surface area contributed by atoms with Crippen LogP contribution in [0.25, 0.3) is 22.2 Å². The highest BCUT2D eigenvalue weighted by atomic mass is 32.1. The summed E-state index contributed by atoms with van der Waals surface area (Å²) in [6, 6.07) is 17.8. The van der Waals surface area contributed by atoms with Crippen LogP contribution in [0.2, 0.25) is 0 Å². The van der Waals surface area contributed by atoms with Crippen LogP contribution in [0, 0.1) is 13.8 Å². The van der Waals surface area contributed by atoms with E-state index in [1.807, 2.05) is 49.4 Å². The van der Waals surface area contributed by atoms with Gasteiger partial charge in [-0.25, -0.2) is 9.97 Å². The fraction of sp³-hybridized carbons (Fsp3) is 0.182. The summed E-state index contributed by atoms with van der Waals surface area (Å²) in [5.74, 6) is 0.824. The van der Waals surface area contributed by atoms with Gasteiger partial charge in [0, 0.05) is 15.8 Å². The van der Waals surface area contributed by atoms with Crippen molar-refractivity contribution in [1.82, 2.24) is 9.97 Å². The highest BCUT2D eigenvalue weighted by molar-refractivity contribution is 7.11. The van der Waals surface area contributed by atoms with Crippen LogP contribution in [0.3, 0.4) is 0 Å². The molecular formula is C22H21N3OS. The zero-order chi connectivity index (χ0) is 19.0. The summed E-state index contributed by atoms with van der Waals surface area (Å²) in [4.78, 5) is 10.7. The van der Waals surface area contributed by atoms with E-state index in [0.29, 0.717) is 0 Å². The van der Waals surface area contributed by atoms with Gasteiger partial charge in [0.2, 0.25) is 0 Å². The molecule has 27 heavy (non-hydrogen) atoms. The van der Waals surface area contributed by atoms with Crippen molar-refractivity contribution in [3.8, 4) is 17.0 Å². The van der Waals surface area contributed by atoms with E-state index >= 15 is 0 Å². The Bertz CT molecular complexity index is 1080. The van der Waals surface area contributed by atoms with Gasteiger partial charge in [-0.1, -0.05) is 18.2 Å². The Kier molecular flexibility index (Phi) is 4.64. The van der Waals surface area contributed by atoms with Gasteiger partial charge in [0.15, 0.2) is 0 Å². The quantitative estimate of drug-likeness (QED) is 0.543. The smallest absolute Gasteiger partial charge is 0.118 e. The lowest BCUT2D eigenvalue weighted by molar-refractivity contribution is 0.415. The van der Waals surface area contributed by atoms with Crippen LogP contribution in [0.5, 0.6) is 5.75 Å². The average Bonchev–Trinajstić information content (AvgIpc) is 3.05. The van der Waals surface area contributed by atoms with Crippen LogP contribution in [0.15, 0.2) is 54.6 Å². The molecule has 2 N–H and O–H groups in total. The summed E-state index contributed by atoms with van der Waals surface area (Å²) in [7, 11) is 1.67. The van der Waals surface area contributed by atoms with Gasteiger partial charge in [0.05, 0.1) is 30.1 Å². The molecule has 136 valence electrons. The van der Waals surface area contributed by atoms with Crippen molar-refractivity contribution in [2.75, 3.05) is 7.11 Å². The van der Waals surface area contributed by atoms with Gasteiger partial charge >= 0.3 is 0 Å². The lowest BCUT2D eigenvalue weighted by atomic mass is 9.99. The molecule has 0 spiro atoms. The van der Waals surface area contributed by atoms with E-state index in [1.165, 1.54) is 4.88 Å². The predicted molar refractivity (Wildman–Crippen MR) is 111 cm³/mol. The second kappa shape index (κ2) is 7.10. The minimum absolute atomic E-state index is 0.285. The number of aryl methyl sites for hydroxylation is 2. The molecule has 4 rings (SSSR count). The van der Waals surface area contributed by atoms with Crippen LogP contribution in [-0.2, 0) is 0 Å². The number of benzene rings is 2. The molecule has 2 aromatic carbocycles. The third-order valence-corrected chi connectivity index (χ3v) is 5.94. The van der Waals surface area contributed by atoms with Gasteiger partial charge in [-0.15, -0.1) is 11.3 Å². The molecule has 2 aromatic heterocycles. The van der Waals surface area contributed by atoms with Gasteiger partial charge in [-0.3, -0.25) is 0 Å². The lowest BCUT2D eigenvalue weighted by Gasteiger charge is -2.15. The standard InChI is InChI=1S/C22H21N3OS/c1-13-14(2)27-22(24-13)21(23)18-12-20(15-8-10-16(26-3)11-9-15)25-19-7-5-4-6-17(18)19/h4-12,21H,23H2,1-3H3. The normalized spacial score (nSPS) is 12.3. The van der Waals surface area contributed by atoms with Crippen molar-refractivity contribution in [2.24, 2.45) is 5.73 Å². The largest absolute Gasteiger partial charge is 0.497 e. The number of methoxy groups -OCH3 is 1. The van der Waals surface area contributed by atoms with E-state index in [-0.39, 0.29) is 6.04 Å². The number of thiazole rings is 1. The van der Waals surface area contributed by atoms with E-state index in [0.717, 1.165) is 44.2 Å². The second-order valence-electron chi connectivity index (χ2n) is 6.51. The Morgan fingerprint density at radius 2 is 1.74 bits per heavy atom. The highest BCUT2D eigenvalue weighted by Crippen LogP contribution is 2.33. The van der Waals surface area contributed by atoms with Crippen LogP contribution < -0.4 is 10.5 Å². The summed E-state index contributed by atoms with van der Waals surface area (Å²) < 4.78 is 5.26. The Morgan fingerprint density at radius 3 is 2.41 bits per heavy atom. The van der Waals surface area contributed by atoms with Gasteiger partial charge in [-0.2, -0.15) is 0 Å². The maximum absolute atomic E-state index is 6.66. The van der Waals surface area contributed by atoms with Crippen molar-refractivity contribution in [3.63, 3.8) is 0 Å². The molecule has 4 aromatic rings. The number of hydrogen-bond acceptors (Lipinski definition) is 5. The van der Waals surface area contributed by atoms with Crippen molar-refractivity contribution >= 4 is 22.2 Å². The number of pyridine rings is 1. The summed E-state index contributed by atoms with van der Waals surface area (Å²) in [5, 5.41) is 2.00. The highest BCUT2D eigenvalue weighted by Gasteiger charge is 2.19. The van der Waals surface area contributed by atoms with Crippen LogP contribution in [0.4, 0.5) is 0 Å². The number of ether oxygens (including phenoxy) is 1. The summed E-state index contributed by atoms with van der Waals surface area (Å²) >= 11 is 1.66. The Balaban J connectivity index is 1.87. The molecule has 0 amide bonds. The van der Waals surface area contributed by atoms with E-state index in [1.54, 1.807) is 18.4 Å². The monoisotopic (exact) mass is 375 g/mol. The maximum Gasteiger partial charge on any atom is 0.118 e. The molecule has 0 radical (unpaired) electrons. The molecule has 0 bridgehead atoms. The molecule has 4 nitrogen and oxygen atoms in total. The number of rotatable bonds is 4. The molecular weight excluding hydrogens is 354 g/mol. The van der Waals surface area contributed by atoms with Gasteiger partial charge in [0.25, 0.3) is 0 Å². The van der Waals surface area contributed by atoms with Crippen molar-refractivity contribution in [3.05, 3.63) is 75.7 Å². The summed E-state index contributed by atoms with van der Waals surface area (Å²) in [6.07, 6.45) is 0. The molecule has 0 aliphatic carbocycles. The molecule has 5 heteroatoms. The first-order chi connectivity index (χ1) is 13.1. The van der Waals surface area contributed by atoms with Gasteiger partial charge in [0.1, 0.15) is 10.8 Å². The van der Waals surface area contributed by atoms with E-state index in [9.17, 15) is 0 Å².